The molecule has 0 bridgehead atoms. The van der Waals surface area contributed by atoms with Crippen molar-refractivity contribution in [3.8, 4) is 0 Å². The van der Waals surface area contributed by atoms with E-state index in [2.05, 4.69) is 0 Å². The number of amides is 1. The first-order valence-corrected chi connectivity index (χ1v) is 7.66. The van der Waals surface area contributed by atoms with E-state index in [1.807, 2.05) is 31.2 Å². The minimum Gasteiger partial charge on any atom is -0.450 e. The smallest absolute Gasteiger partial charge is 0.409 e. The normalized spacial score (nSPS) is 14.5. The highest BCUT2D eigenvalue weighted by Crippen LogP contribution is 2.26. The van der Waals surface area contributed by atoms with Gasteiger partial charge in [0.25, 0.3) is 0 Å². The molecule has 22 heavy (non-hydrogen) atoms. The van der Waals surface area contributed by atoms with E-state index in [0.717, 1.165) is 27.7 Å². The maximum Gasteiger partial charge on any atom is 0.409 e. The average Bonchev–Trinajstić information content (AvgIpc) is 2.75. The van der Waals surface area contributed by atoms with E-state index in [1.54, 1.807) is 4.90 Å². The van der Waals surface area contributed by atoms with Crippen LogP contribution in [0.4, 0.5) is 4.79 Å². The number of nitrogens with zero attached hydrogens (tertiary/aromatic N) is 2. The van der Waals surface area contributed by atoms with Gasteiger partial charge in [-0.15, -0.1) is 0 Å². The van der Waals surface area contributed by atoms with Gasteiger partial charge in [0.2, 0.25) is 0 Å². The van der Waals surface area contributed by atoms with Crippen LogP contribution >= 0.6 is 0 Å². The summed E-state index contributed by atoms with van der Waals surface area (Å²) in [5.74, 6) is 0. The minimum absolute atomic E-state index is 0.00915. The van der Waals surface area contributed by atoms with Gasteiger partial charge in [-0.1, -0.05) is 18.2 Å². The molecular formula is C17H20N2O3. The molecular weight excluding hydrogens is 280 g/mol. The maximum atomic E-state index is 11.9. The Balaban J connectivity index is 1.98. The number of rotatable bonds is 2. The van der Waals surface area contributed by atoms with Crippen LogP contribution in [0.25, 0.3) is 10.9 Å². The second-order valence-electron chi connectivity index (χ2n) is 5.38. The predicted octanol–water partition coefficient (Wildman–Crippen LogP) is 2.28. The third kappa shape index (κ3) is 2.64. The Labute approximate surface area is 129 Å². The molecule has 3 rings (SSSR count). The number of pyridine rings is 1. The standard InChI is InChI=1S/C17H20N2O3/c1-2-22-17(21)19-9-7-13-14(11-20)12-5-3-4-6-15(12)18-16(13)8-10-19/h3-6,20H,2,7-11H2,1H3. The third-order valence-corrected chi connectivity index (χ3v) is 4.13. The van der Waals surface area contributed by atoms with E-state index >= 15 is 0 Å². The number of benzene rings is 1. The fraction of sp³-hybridized carbons (Fsp3) is 0.412. The second-order valence-corrected chi connectivity index (χ2v) is 5.38. The lowest BCUT2D eigenvalue weighted by atomic mass is 9.98. The van der Waals surface area contributed by atoms with Crippen molar-refractivity contribution in [2.24, 2.45) is 0 Å². The second kappa shape index (κ2) is 6.32. The lowest BCUT2D eigenvalue weighted by Gasteiger charge is -2.18. The molecule has 0 saturated heterocycles. The van der Waals surface area contributed by atoms with Gasteiger partial charge in [0.15, 0.2) is 0 Å². The number of carbonyl (C=O) groups excluding carboxylic acids is 1. The molecule has 0 radical (unpaired) electrons. The van der Waals surface area contributed by atoms with Crippen molar-refractivity contribution < 1.29 is 14.6 Å². The molecule has 0 spiro atoms. The largest absolute Gasteiger partial charge is 0.450 e. The van der Waals surface area contributed by atoms with Crippen LogP contribution in [0.2, 0.25) is 0 Å². The van der Waals surface area contributed by atoms with Crippen LogP contribution in [0, 0.1) is 0 Å². The number of hydrogen-bond donors (Lipinski definition) is 1. The van der Waals surface area contributed by atoms with Crippen LogP contribution in [-0.4, -0.2) is 40.8 Å². The average molecular weight is 300 g/mol. The van der Waals surface area contributed by atoms with Gasteiger partial charge in [0, 0.05) is 30.6 Å². The Morgan fingerprint density at radius 3 is 2.86 bits per heavy atom. The Bertz CT molecular complexity index is 700. The fourth-order valence-electron chi connectivity index (χ4n) is 3.06. The minimum atomic E-state index is -0.273. The summed E-state index contributed by atoms with van der Waals surface area (Å²) < 4.78 is 5.09. The maximum absolute atomic E-state index is 11.9. The molecule has 0 aliphatic carbocycles. The number of ether oxygens (including phenoxy) is 1. The summed E-state index contributed by atoms with van der Waals surface area (Å²) in [6.07, 6.45) is 1.11. The lowest BCUT2D eigenvalue weighted by Crippen LogP contribution is -2.33. The highest BCUT2D eigenvalue weighted by molar-refractivity contribution is 5.83. The lowest BCUT2D eigenvalue weighted by molar-refractivity contribution is 0.109. The summed E-state index contributed by atoms with van der Waals surface area (Å²) in [7, 11) is 0. The van der Waals surface area contributed by atoms with E-state index in [9.17, 15) is 9.90 Å². The van der Waals surface area contributed by atoms with Gasteiger partial charge < -0.3 is 14.7 Å². The molecule has 1 aliphatic rings. The molecule has 1 N–H and O–H groups in total. The van der Waals surface area contributed by atoms with Crippen LogP contribution < -0.4 is 0 Å². The van der Waals surface area contributed by atoms with E-state index in [-0.39, 0.29) is 12.7 Å². The Kier molecular flexibility index (Phi) is 4.24. The Hall–Kier alpha value is -2.14. The fourth-order valence-corrected chi connectivity index (χ4v) is 3.06. The van der Waals surface area contributed by atoms with Crippen LogP contribution in [0.5, 0.6) is 0 Å². The molecule has 1 aliphatic heterocycles. The SMILES string of the molecule is CCOC(=O)N1CCc2nc3ccccc3c(CO)c2CC1. The number of fused-ring (bicyclic) bond motifs is 2. The molecule has 0 unspecified atom stereocenters. The zero-order chi connectivity index (χ0) is 15.5. The van der Waals surface area contributed by atoms with Crippen LogP contribution in [0.1, 0.15) is 23.7 Å². The first-order valence-electron chi connectivity index (χ1n) is 7.66. The molecule has 2 aromatic rings. The summed E-state index contributed by atoms with van der Waals surface area (Å²) in [5, 5.41) is 10.8. The van der Waals surface area contributed by atoms with Gasteiger partial charge >= 0.3 is 6.09 Å². The van der Waals surface area contributed by atoms with Crippen LogP contribution in [0.3, 0.4) is 0 Å². The number of para-hydroxylation sites is 1. The van der Waals surface area contributed by atoms with Gasteiger partial charge in [-0.25, -0.2) is 4.79 Å². The molecule has 0 fully saturated rings. The quantitative estimate of drug-likeness (QED) is 0.924. The van der Waals surface area contributed by atoms with Crippen molar-refractivity contribution in [3.05, 3.63) is 41.1 Å². The highest BCUT2D eigenvalue weighted by Gasteiger charge is 2.22. The molecule has 1 aromatic carbocycles. The Morgan fingerprint density at radius 1 is 1.32 bits per heavy atom. The van der Waals surface area contributed by atoms with Crippen molar-refractivity contribution >= 4 is 17.0 Å². The topological polar surface area (TPSA) is 62.7 Å². The third-order valence-electron chi connectivity index (χ3n) is 4.13. The number of carbonyl (C=O) groups is 1. The van der Waals surface area contributed by atoms with Crippen molar-refractivity contribution in [1.29, 1.82) is 0 Å². The summed E-state index contributed by atoms with van der Waals surface area (Å²) in [5.41, 5.74) is 3.89. The molecule has 2 heterocycles. The molecule has 5 nitrogen and oxygen atoms in total. The summed E-state index contributed by atoms with van der Waals surface area (Å²) in [4.78, 5) is 18.4. The van der Waals surface area contributed by atoms with Gasteiger partial charge in [-0.05, 0) is 30.5 Å². The van der Waals surface area contributed by atoms with E-state index in [0.29, 0.717) is 32.5 Å². The summed E-state index contributed by atoms with van der Waals surface area (Å²) >= 11 is 0. The summed E-state index contributed by atoms with van der Waals surface area (Å²) in [6.45, 7) is 3.38. The first-order chi connectivity index (χ1) is 10.7. The molecule has 116 valence electrons. The molecule has 0 atom stereocenters. The number of aliphatic hydroxyl groups excluding tert-OH is 1. The van der Waals surface area contributed by atoms with Crippen molar-refractivity contribution in [3.63, 3.8) is 0 Å². The van der Waals surface area contributed by atoms with Gasteiger partial charge in [0.05, 0.1) is 18.7 Å². The van der Waals surface area contributed by atoms with Crippen molar-refractivity contribution in [1.82, 2.24) is 9.88 Å². The number of aromatic nitrogens is 1. The van der Waals surface area contributed by atoms with Gasteiger partial charge in [0.1, 0.15) is 0 Å². The molecule has 1 aromatic heterocycles. The zero-order valence-corrected chi connectivity index (χ0v) is 12.7. The molecule has 0 saturated carbocycles. The Morgan fingerprint density at radius 2 is 2.09 bits per heavy atom. The van der Waals surface area contributed by atoms with Gasteiger partial charge in [-0.2, -0.15) is 0 Å². The van der Waals surface area contributed by atoms with E-state index < -0.39 is 0 Å². The van der Waals surface area contributed by atoms with Gasteiger partial charge in [-0.3, -0.25) is 4.98 Å². The molecule has 1 amide bonds. The van der Waals surface area contributed by atoms with E-state index in [1.165, 1.54) is 0 Å². The number of aliphatic hydroxyl groups is 1. The van der Waals surface area contributed by atoms with Crippen LogP contribution in [0.15, 0.2) is 24.3 Å². The monoisotopic (exact) mass is 300 g/mol. The van der Waals surface area contributed by atoms with Crippen LogP contribution in [-0.2, 0) is 24.2 Å². The summed E-state index contributed by atoms with van der Waals surface area (Å²) in [6, 6.07) is 7.85. The first kappa shape index (κ1) is 14.8. The van der Waals surface area contributed by atoms with Crippen molar-refractivity contribution in [2.45, 2.75) is 26.4 Å². The molecule has 5 heteroatoms. The highest BCUT2D eigenvalue weighted by atomic mass is 16.6. The predicted molar refractivity (Wildman–Crippen MR) is 83.7 cm³/mol. The number of hydrogen-bond acceptors (Lipinski definition) is 4. The van der Waals surface area contributed by atoms with Crippen molar-refractivity contribution in [2.75, 3.05) is 19.7 Å². The van der Waals surface area contributed by atoms with E-state index in [4.69, 9.17) is 9.72 Å². The zero-order valence-electron chi connectivity index (χ0n) is 12.7.